The topological polar surface area (TPSA) is 95.2 Å². The summed E-state index contributed by atoms with van der Waals surface area (Å²) in [6.45, 7) is 4.13. The molecule has 3 rings (SSSR count). The van der Waals surface area contributed by atoms with Crippen LogP contribution in [0.15, 0.2) is 33.0 Å². The smallest absolute Gasteiger partial charge is 0.258 e. The van der Waals surface area contributed by atoms with Crippen LogP contribution in [-0.4, -0.2) is 36.9 Å². The molecule has 1 aromatic carbocycles. The highest BCUT2D eigenvalue weighted by molar-refractivity contribution is 7.90. The summed E-state index contributed by atoms with van der Waals surface area (Å²) >= 11 is 1.54. The van der Waals surface area contributed by atoms with Crippen molar-refractivity contribution in [2.75, 3.05) is 13.4 Å². The van der Waals surface area contributed by atoms with Gasteiger partial charge in [0.1, 0.15) is 16.3 Å². The molecule has 0 atom stereocenters. The molecule has 0 aliphatic heterocycles. The maximum absolute atomic E-state index is 11.9. The maximum atomic E-state index is 11.9. The minimum Gasteiger partial charge on any atom is -0.495 e. The zero-order chi connectivity index (χ0) is 18.2. The van der Waals surface area contributed by atoms with Crippen molar-refractivity contribution >= 4 is 21.2 Å². The number of ether oxygens (including phenoxy) is 1. The minimum atomic E-state index is -3.45. The van der Waals surface area contributed by atoms with Crippen molar-refractivity contribution in [1.82, 2.24) is 15.1 Å². The van der Waals surface area contributed by atoms with Gasteiger partial charge < -0.3 is 9.26 Å². The van der Waals surface area contributed by atoms with Gasteiger partial charge in [-0.1, -0.05) is 19.0 Å². The van der Waals surface area contributed by atoms with E-state index in [1.165, 1.54) is 24.5 Å². The Morgan fingerprint density at radius 2 is 2.00 bits per heavy atom. The van der Waals surface area contributed by atoms with Crippen molar-refractivity contribution in [3.63, 3.8) is 0 Å². The summed E-state index contributed by atoms with van der Waals surface area (Å²) in [5.41, 5.74) is 1.14. The molecule has 2 aromatic heterocycles. The Hall–Kier alpha value is -2.26. The molecule has 0 aliphatic carbocycles. The molecule has 0 aliphatic rings. The minimum absolute atomic E-state index is 0.0722. The molecule has 0 fully saturated rings. The number of thiazole rings is 1. The molecule has 0 saturated carbocycles. The SMILES string of the molecule is COc1ccc(-c2nc(-c3csc(C(C)C)n3)no2)cc1S(C)(=O)=O. The number of hydrogen-bond acceptors (Lipinski definition) is 8. The lowest BCUT2D eigenvalue weighted by Gasteiger charge is -2.07. The standard InChI is InChI=1S/C16H17N3O4S2/c1-9(2)16-17-11(8-24-16)14-18-15(23-19-14)10-5-6-12(22-3)13(7-10)25(4,20)21/h5-9H,1-4H3. The third-order valence-electron chi connectivity index (χ3n) is 3.48. The molecule has 0 spiro atoms. The summed E-state index contributed by atoms with van der Waals surface area (Å²) in [5.74, 6) is 1.19. The molecule has 0 unspecified atom stereocenters. The summed E-state index contributed by atoms with van der Waals surface area (Å²) in [6, 6.07) is 4.70. The lowest BCUT2D eigenvalue weighted by Crippen LogP contribution is -2.01. The van der Waals surface area contributed by atoms with Crippen molar-refractivity contribution in [3.05, 3.63) is 28.6 Å². The molecule has 2 heterocycles. The van der Waals surface area contributed by atoms with Crippen LogP contribution >= 0.6 is 11.3 Å². The highest BCUT2D eigenvalue weighted by atomic mass is 32.2. The molecule has 9 heteroatoms. The first-order valence-corrected chi connectivity index (χ1v) is 10.2. The van der Waals surface area contributed by atoms with Gasteiger partial charge in [0.2, 0.25) is 5.82 Å². The highest BCUT2D eigenvalue weighted by Crippen LogP contribution is 2.31. The van der Waals surface area contributed by atoms with Crippen LogP contribution in [0.3, 0.4) is 0 Å². The Bertz CT molecular complexity index is 1010. The van der Waals surface area contributed by atoms with Crippen LogP contribution in [-0.2, 0) is 9.84 Å². The van der Waals surface area contributed by atoms with E-state index < -0.39 is 9.84 Å². The first kappa shape index (κ1) is 17.6. The van der Waals surface area contributed by atoms with E-state index >= 15 is 0 Å². The Balaban J connectivity index is 1.99. The lowest BCUT2D eigenvalue weighted by atomic mass is 10.2. The van der Waals surface area contributed by atoms with Gasteiger partial charge >= 0.3 is 0 Å². The summed E-state index contributed by atoms with van der Waals surface area (Å²) in [5, 5.41) is 6.81. The second-order valence-electron chi connectivity index (χ2n) is 5.79. The monoisotopic (exact) mass is 379 g/mol. The molecule has 132 valence electrons. The van der Waals surface area contributed by atoms with Crippen molar-refractivity contribution < 1.29 is 17.7 Å². The average Bonchev–Trinajstić information content (AvgIpc) is 3.22. The zero-order valence-corrected chi connectivity index (χ0v) is 15.8. The van der Waals surface area contributed by atoms with Crippen molar-refractivity contribution in [3.8, 4) is 28.7 Å². The number of aromatic nitrogens is 3. The summed E-state index contributed by atoms with van der Waals surface area (Å²) in [7, 11) is -2.03. The predicted molar refractivity (Wildman–Crippen MR) is 94.6 cm³/mol. The largest absolute Gasteiger partial charge is 0.495 e. The number of rotatable bonds is 5. The molecule has 0 saturated heterocycles. The van der Waals surface area contributed by atoms with E-state index in [1.807, 2.05) is 5.38 Å². The summed E-state index contributed by atoms with van der Waals surface area (Å²) in [6.07, 6.45) is 1.12. The van der Waals surface area contributed by atoms with Gasteiger partial charge in [-0.25, -0.2) is 13.4 Å². The fourth-order valence-corrected chi connectivity index (χ4v) is 3.87. The van der Waals surface area contributed by atoms with Gasteiger partial charge in [-0.15, -0.1) is 11.3 Å². The first-order valence-electron chi connectivity index (χ1n) is 7.47. The zero-order valence-electron chi connectivity index (χ0n) is 14.2. The van der Waals surface area contributed by atoms with E-state index in [0.29, 0.717) is 23.0 Å². The fraction of sp³-hybridized carbons (Fsp3) is 0.312. The second kappa shape index (κ2) is 6.57. The molecular formula is C16H17N3O4S2. The molecule has 0 amide bonds. The van der Waals surface area contributed by atoms with Gasteiger partial charge in [0.25, 0.3) is 5.89 Å². The Labute approximate surface area is 149 Å². The van der Waals surface area contributed by atoms with Crippen LogP contribution in [0.1, 0.15) is 24.8 Å². The highest BCUT2D eigenvalue weighted by Gasteiger charge is 2.19. The Kier molecular flexibility index (Phi) is 4.61. The normalized spacial score (nSPS) is 11.9. The van der Waals surface area contributed by atoms with Crippen LogP contribution in [0.4, 0.5) is 0 Å². The molecular weight excluding hydrogens is 362 g/mol. The van der Waals surface area contributed by atoms with E-state index in [9.17, 15) is 8.42 Å². The van der Waals surface area contributed by atoms with Gasteiger partial charge in [-0.2, -0.15) is 4.98 Å². The third kappa shape index (κ3) is 3.57. The van der Waals surface area contributed by atoms with Crippen molar-refractivity contribution in [2.24, 2.45) is 0 Å². The van der Waals surface area contributed by atoms with E-state index in [4.69, 9.17) is 9.26 Å². The second-order valence-corrected chi connectivity index (χ2v) is 8.66. The van der Waals surface area contributed by atoms with Gasteiger partial charge in [0.05, 0.1) is 12.1 Å². The Morgan fingerprint density at radius 1 is 1.24 bits per heavy atom. The maximum Gasteiger partial charge on any atom is 0.258 e. The van der Waals surface area contributed by atoms with Crippen LogP contribution in [0, 0.1) is 0 Å². The van der Waals surface area contributed by atoms with E-state index in [-0.39, 0.29) is 16.5 Å². The van der Waals surface area contributed by atoms with Gasteiger partial charge in [0, 0.05) is 23.1 Å². The molecule has 7 nitrogen and oxygen atoms in total. The number of methoxy groups -OCH3 is 1. The quantitative estimate of drug-likeness (QED) is 0.670. The molecule has 25 heavy (non-hydrogen) atoms. The van der Waals surface area contributed by atoms with Crippen LogP contribution in [0.25, 0.3) is 23.0 Å². The van der Waals surface area contributed by atoms with Gasteiger partial charge in [-0.3, -0.25) is 0 Å². The van der Waals surface area contributed by atoms with E-state index in [0.717, 1.165) is 11.3 Å². The first-order chi connectivity index (χ1) is 11.8. The number of hydrogen-bond donors (Lipinski definition) is 0. The van der Waals surface area contributed by atoms with E-state index in [1.54, 1.807) is 12.1 Å². The number of benzene rings is 1. The summed E-state index contributed by atoms with van der Waals surface area (Å²) < 4.78 is 34.3. The predicted octanol–water partition coefficient (Wildman–Crippen LogP) is 3.40. The van der Waals surface area contributed by atoms with Crippen LogP contribution in [0.2, 0.25) is 0 Å². The van der Waals surface area contributed by atoms with Crippen molar-refractivity contribution in [2.45, 2.75) is 24.7 Å². The lowest BCUT2D eigenvalue weighted by molar-refractivity contribution is 0.402. The van der Waals surface area contributed by atoms with Gasteiger partial charge in [-0.05, 0) is 18.2 Å². The third-order valence-corrected chi connectivity index (χ3v) is 5.74. The summed E-state index contributed by atoms with van der Waals surface area (Å²) in [4.78, 5) is 8.89. The molecule has 3 aromatic rings. The molecule has 0 bridgehead atoms. The van der Waals surface area contributed by atoms with Crippen molar-refractivity contribution in [1.29, 1.82) is 0 Å². The molecule has 0 N–H and O–H groups in total. The van der Waals surface area contributed by atoms with Crippen LogP contribution in [0.5, 0.6) is 5.75 Å². The Morgan fingerprint density at radius 3 is 2.60 bits per heavy atom. The number of sulfone groups is 1. The van der Waals surface area contributed by atoms with Gasteiger partial charge in [0.15, 0.2) is 9.84 Å². The van der Waals surface area contributed by atoms with E-state index in [2.05, 4.69) is 29.0 Å². The molecule has 0 radical (unpaired) electrons. The average molecular weight is 379 g/mol. The number of nitrogens with zero attached hydrogens (tertiary/aromatic N) is 3. The fourth-order valence-electron chi connectivity index (χ4n) is 2.20. The van der Waals surface area contributed by atoms with Crippen LogP contribution < -0.4 is 4.74 Å².